The van der Waals surface area contributed by atoms with Crippen LogP contribution >= 0.6 is 0 Å². The number of urea groups is 1. The molecule has 0 heterocycles. The summed E-state index contributed by atoms with van der Waals surface area (Å²) in [5.74, 6) is -1.000. The molecule has 0 aromatic rings. The van der Waals surface area contributed by atoms with Gasteiger partial charge in [-0.1, -0.05) is 6.92 Å². The summed E-state index contributed by atoms with van der Waals surface area (Å²) in [6.07, 6.45) is 2.80. The maximum absolute atomic E-state index is 11.4. The normalized spacial score (nSPS) is 26.5. The van der Waals surface area contributed by atoms with E-state index in [4.69, 9.17) is 5.73 Å². The van der Waals surface area contributed by atoms with E-state index in [-0.39, 0.29) is 13.1 Å². The second-order valence-corrected chi connectivity index (χ2v) is 5.27. The lowest BCUT2D eigenvalue weighted by Gasteiger charge is -2.35. The van der Waals surface area contributed by atoms with E-state index in [9.17, 15) is 19.5 Å². The molecule has 0 aromatic carbocycles. The second kappa shape index (κ2) is 6.40. The second-order valence-electron chi connectivity index (χ2n) is 5.27. The molecule has 108 valence electrons. The highest BCUT2D eigenvalue weighted by Crippen LogP contribution is 2.38. The Labute approximate surface area is 111 Å². The van der Waals surface area contributed by atoms with Gasteiger partial charge in [0.25, 0.3) is 0 Å². The zero-order valence-corrected chi connectivity index (χ0v) is 11.1. The fraction of sp³-hybridized carbons (Fsp3) is 0.750. The number of carbonyl (C=O) groups is 3. The summed E-state index contributed by atoms with van der Waals surface area (Å²) in [6, 6.07) is -0.571. The average molecular weight is 271 g/mol. The predicted octanol–water partition coefficient (Wildman–Crippen LogP) is 0.0520. The van der Waals surface area contributed by atoms with E-state index >= 15 is 0 Å². The van der Waals surface area contributed by atoms with Gasteiger partial charge < -0.3 is 21.5 Å². The SMILES string of the molecule is CC1CCC(CNC(=O)NCC(N)=O)(C(=O)O)CC1. The summed E-state index contributed by atoms with van der Waals surface area (Å²) < 4.78 is 0. The van der Waals surface area contributed by atoms with Gasteiger partial charge in [0.05, 0.1) is 12.0 Å². The Hall–Kier alpha value is -1.79. The van der Waals surface area contributed by atoms with Crippen LogP contribution < -0.4 is 16.4 Å². The minimum absolute atomic E-state index is 0.0691. The molecule has 7 heteroatoms. The lowest BCUT2D eigenvalue weighted by molar-refractivity contribution is -0.151. The molecule has 0 unspecified atom stereocenters. The number of amides is 3. The van der Waals surface area contributed by atoms with Gasteiger partial charge in [0.1, 0.15) is 0 Å². The topological polar surface area (TPSA) is 122 Å². The molecular formula is C12H21N3O4. The van der Waals surface area contributed by atoms with E-state index in [1.54, 1.807) is 0 Å². The van der Waals surface area contributed by atoms with E-state index in [1.165, 1.54) is 0 Å². The van der Waals surface area contributed by atoms with Crippen molar-refractivity contribution in [3.63, 3.8) is 0 Å². The van der Waals surface area contributed by atoms with Crippen molar-refractivity contribution in [2.75, 3.05) is 13.1 Å². The summed E-state index contributed by atoms with van der Waals surface area (Å²) >= 11 is 0. The first-order valence-corrected chi connectivity index (χ1v) is 6.39. The predicted molar refractivity (Wildman–Crippen MR) is 68.3 cm³/mol. The van der Waals surface area contributed by atoms with E-state index in [0.29, 0.717) is 18.8 Å². The molecule has 0 radical (unpaired) electrons. The lowest BCUT2D eigenvalue weighted by atomic mass is 9.71. The van der Waals surface area contributed by atoms with E-state index in [1.807, 2.05) is 0 Å². The highest BCUT2D eigenvalue weighted by molar-refractivity contribution is 5.83. The molecule has 0 atom stereocenters. The van der Waals surface area contributed by atoms with Crippen molar-refractivity contribution in [3.05, 3.63) is 0 Å². The van der Waals surface area contributed by atoms with Crippen molar-refractivity contribution in [3.8, 4) is 0 Å². The molecule has 0 spiro atoms. The van der Waals surface area contributed by atoms with Crippen LogP contribution in [0.4, 0.5) is 4.79 Å². The first-order chi connectivity index (χ1) is 8.85. The molecule has 1 rings (SSSR count). The van der Waals surface area contributed by atoms with Gasteiger partial charge in [0, 0.05) is 6.54 Å². The highest BCUT2D eigenvalue weighted by atomic mass is 16.4. The zero-order chi connectivity index (χ0) is 14.5. The van der Waals surface area contributed by atoms with Gasteiger partial charge in [-0.15, -0.1) is 0 Å². The van der Waals surface area contributed by atoms with Crippen LogP contribution in [0.2, 0.25) is 0 Å². The van der Waals surface area contributed by atoms with E-state index in [2.05, 4.69) is 17.6 Å². The molecule has 5 N–H and O–H groups in total. The van der Waals surface area contributed by atoms with Gasteiger partial charge in [-0.25, -0.2) is 4.79 Å². The third-order valence-corrected chi connectivity index (χ3v) is 3.70. The summed E-state index contributed by atoms with van der Waals surface area (Å²) in [6.45, 7) is 1.90. The van der Waals surface area contributed by atoms with Crippen molar-refractivity contribution in [2.24, 2.45) is 17.1 Å². The number of aliphatic carboxylic acids is 1. The van der Waals surface area contributed by atoms with Gasteiger partial charge >= 0.3 is 12.0 Å². The molecule has 0 saturated heterocycles. The number of carbonyl (C=O) groups excluding carboxylic acids is 2. The Morgan fingerprint density at radius 3 is 2.32 bits per heavy atom. The number of carboxylic acid groups (broad SMARTS) is 1. The van der Waals surface area contributed by atoms with Crippen molar-refractivity contribution < 1.29 is 19.5 Å². The molecule has 1 fully saturated rings. The van der Waals surface area contributed by atoms with E-state index < -0.39 is 23.3 Å². The first kappa shape index (κ1) is 15.3. The van der Waals surface area contributed by atoms with Crippen molar-refractivity contribution in [1.29, 1.82) is 0 Å². The molecule has 19 heavy (non-hydrogen) atoms. The first-order valence-electron chi connectivity index (χ1n) is 6.39. The van der Waals surface area contributed by atoms with Crippen LogP contribution in [0.3, 0.4) is 0 Å². The van der Waals surface area contributed by atoms with Crippen molar-refractivity contribution in [2.45, 2.75) is 32.6 Å². The minimum Gasteiger partial charge on any atom is -0.481 e. The monoisotopic (exact) mass is 271 g/mol. The molecule has 1 saturated carbocycles. The van der Waals surface area contributed by atoms with Gasteiger partial charge in [0.15, 0.2) is 0 Å². The molecule has 1 aliphatic carbocycles. The van der Waals surface area contributed by atoms with Gasteiger partial charge in [-0.05, 0) is 31.6 Å². The van der Waals surface area contributed by atoms with Crippen LogP contribution in [-0.4, -0.2) is 36.1 Å². The summed E-state index contributed by atoms with van der Waals surface area (Å²) in [4.78, 5) is 33.3. The van der Waals surface area contributed by atoms with Crippen LogP contribution in [0.1, 0.15) is 32.6 Å². The maximum atomic E-state index is 11.4. The summed E-state index contributed by atoms with van der Waals surface area (Å²) in [5, 5.41) is 14.1. The van der Waals surface area contributed by atoms with Crippen molar-refractivity contribution in [1.82, 2.24) is 10.6 Å². The summed E-state index contributed by atoms with van der Waals surface area (Å²) in [5.41, 5.74) is 4.00. The number of primary amides is 1. The maximum Gasteiger partial charge on any atom is 0.315 e. The highest BCUT2D eigenvalue weighted by Gasteiger charge is 2.41. The zero-order valence-electron chi connectivity index (χ0n) is 11.1. The number of rotatable bonds is 5. The smallest absolute Gasteiger partial charge is 0.315 e. The Balaban J connectivity index is 2.49. The number of nitrogens with one attached hydrogen (secondary N) is 2. The molecular weight excluding hydrogens is 250 g/mol. The molecule has 0 aromatic heterocycles. The van der Waals surface area contributed by atoms with E-state index in [0.717, 1.165) is 12.8 Å². The van der Waals surface area contributed by atoms with Crippen LogP contribution in [0.5, 0.6) is 0 Å². The fourth-order valence-corrected chi connectivity index (χ4v) is 2.26. The molecule has 0 bridgehead atoms. The Bertz CT molecular complexity index is 362. The van der Waals surface area contributed by atoms with Crippen LogP contribution in [0, 0.1) is 11.3 Å². The van der Waals surface area contributed by atoms with Gasteiger partial charge in [-0.3, -0.25) is 9.59 Å². The number of hydrogen-bond acceptors (Lipinski definition) is 3. The number of carboxylic acids is 1. The molecule has 0 aliphatic heterocycles. The van der Waals surface area contributed by atoms with Gasteiger partial charge in [0.2, 0.25) is 5.91 Å². The Kier molecular flexibility index (Phi) is 5.14. The number of nitrogens with two attached hydrogens (primary N) is 1. The minimum atomic E-state index is -0.892. The largest absolute Gasteiger partial charge is 0.481 e. The number of hydrogen-bond donors (Lipinski definition) is 4. The Morgan fingerprint density at radius 2 is 1.84 bits per heavy atom. The van der Waals surface area contributed by atoms with Crippen LogP contribution in [0.25, 0.3) is 0 Å². The quantitative estimate of drug-likeness (QED) is 0.564. The molecule has 1 aliphatic rings. The summed E-state index contributed by atoms with van der Waals surface area (Å²) in [7, 11) is 0. The molecule has 7 nitrogen and oxygen atoms in total. The van der Waals surface area contributed by atoms with Crippen LogP contribution in [-0.2, 0) is 9.59 Å². The Morgan fingerprint density at radius 1 is 1.26 bits per heavy atom. The fourth-order valence-electron chi connectivity index (χ4n) is 2.26. The third kappa shape index (κ3) is 4.42. The van der Waals surface area contributed by atoms with Gasteiger partial charge in [-0.2, -0.15) is 0 Å². The standard InChI is InChI=1S/C12H21N3O4/c1-8-2-4-12(5-3-8,10(17)18)7-15-11(19)14-6-9(13)16/h8H,2-7H2,1H3,(H2,13,16)(H,17,18)(H2,14,15,19). The van der Waals surface area contributed by atoms with Crippen molar-refractivity contribution >= 4 is 17.9 Å². The average Bonchev–Trinajstić information content (AvgIpc) is 2.35. The van der Waals surface area contributed by atoms with Crippen LogP contribution in [0.15, 0.2) is 0 Å². The third-order valence-electron chi connectivity index (χ3n) is 3.70. The lowest BCUT2D eigenvalue weighted by Crippen LogP contribution is -2.48. The molecule has 3 amide bonds.